The fourth-order valence-electron chi connectivity index (χ4n) is 2.19. The van der Waals surface area contributed by atoms with Crippen molar-refractivity contribution in [1.82, 2.24) is 0 Å². The van der Waals surface area contributed by atoms with Gasteiger partial charge < -0.3 is 0 Å². The Kier molecular flexibility index (Phi) is 4.50. The average molecular weight is 475 g/mol. The van der Waals surface area contributed by atoms with Gasteiger partial charge in [0, 0.05) is 0 Å². The first kappa shape index (κ1) is 13.8. The summed E-state index contributed by atoms with van der Waals surface area (Å²) in [6, 6.07) is 30.2. The first-order valence-electron chi connectivity index (χ1n) is 6.50. The summed E-state index contributed by atoms with van der Waals surface area (Å²) in [5.74, 6) is 0. The van der Waals surface area contributed by atoms with Gasteiger partial charge in [-0.25, -0.2) is 0 Å². The number of benzene rings is 3. The molecule has 0 aromatic heterocycles. The van der Waals surface area contributed by atoms with Crippen molar-refractivity contribution < 1.29 is 0 Å². The molecule has 0 radical (unpaired) electrons. The van der Waals surface area contributed by atoms with Crippen LogP contribution in [0.5, 0.6) is 0 Å². The molecule has 20 heavy (non-hydrogen) atoms. The SMILES string of the molecule is Clc1cc[c]([Bi]([c]2ccccc2)[c]2ccccc2)cc1. The van der Waals surface area contributed by atoms with Gasteiger partial charge >= 0.3 is 133 Å². The van der Waals surface area contributed by atoms with Crippen LogP contribution in [0, 0.1) is 0 Å². The van der Waals surface area contributed by atoms with Crippen molar-refractivity contribution in [2.45, 2.75) is 0 Å². The third-order valence-corrected chi connectivity index (χ3v) is 12.9. The van der Waals surface area contributed by atoms with Gasteiger partial charge in [-0.1, -0.05) is 0 Å². The van der Waals surface area contributed by atoms with Crippen molar-refractivity contribution in [2.75, 3.05) is 0 Å². The second-order valence-corrected chi connectivity index (χ2v) is 13.5. The van der Waals surface area contributed by atoms with E-state index in [-0.39, 0.29) is 0 Å². The van der Waals surface area contributed by atoms with E-state index in [2.05, 4.69) is 72.8 Å². The summed E-state index contributed by atoms with van der Waals surface area (Å²) in [7, 11) is 0. The molecular weight excluding hydrogens is 461 g/mol. The Morgan fingerprint density at radius 1 is 0.500 bits per heavy atom. The second-order valence-electron chi connectivity index (χ2n) is 4.48. The molecule has 0 heterocycles. The van der Waals surface area contributed by atoms with E-state index >= 15 is 0 Å². The number of hydrogen-bond donors (Lipinski definition) is 0. The second kappa shape index (κ2) is 6.52. The molecule has 0 atom stereocenters. The molecule has 0 spiro atoms. The Morgan fingerprint density at radius 2 is 0.900 bits per heavy atom. The summed E-state index contributed by atoms with van der Waals surface area (Å²) in [6.07, 6.45) is 0. The Morgan fingerprint density at radius 3 is 1.35 bits per heavy atom. The van der Waals surface area contributed by atoms with Crippen LogP contribution >= 0.6 is 11.6 Å². The van der Waals surface area contributed by atoms with Gasteiger partial charge in [0.25, 0.3) is 0 Å². The molecule has 0 aliphatic heterocycles. The van der Waals surface area contributed by atoms with Gasteiger partial charge in [-0.2, -0.15) is 0 Å². The minimum absolute atomic E-state index is 0.804. The van der Waals surface area contributed by atoms with E-state index in [4.69, 9.17) is 11.6 Å². The predicted molar refractivity (Wildman–Crippen MR) is 89.0 cm³/mol. The zero-order valence-corrected chi connectivity index (χ0v) is 15.1. The Bertz CT molecular complexity index is 623. The van der Waals surface area contributed by atoms with Crippen LogP contribution in [0.2, 0.25) is 5.02 Å². The molecule has 0 fully saturated rings. The molecule has 0 unspecified atom stereocenters. The van der Waals surface area contributed by atoms with Crippen LogP contribution in [0.25, 0.3) is 0 Å². The van der Waals surface area contributed by atoms with Crippen molar-refractivity contribution >= 4 is 43.2 Å². The summed E-state index contributed by atoms with van der Waals surface area (Å²) in [6.45, 7) is 0. The molecule has 0 aliphatic rings. The van der Waals surface area contributed by atoms with Crippen LogP contribution in [0.1, 0.15) is 0 Å². The Balaban J connectivity index is 2.11. The summed E-state index contributed by atoms with van der Waals surface area (Å²) >= 11 is 3.88. The number of hydrogen-bond acceptors (Lipinski definition) is 0. The molecule has 0 nitrogen and oxygen atoms in total. The Hall–Kier alpha value is -1.17. The maximum absolute atomic E-state index is 6.03. The molecule has 0 saturated carbocycles. The van der Waals surface area contributed by atoms with Gasteiger partial charge in [-0.05, 0) is 0 Å². The molecule has 98 valence electrons. The van der Waals surface area contributed by atoms with Crippen molar-refractivity contribution in [2.24, 2.45) is 0 Å². The topological polar surface area (TPSA) is 0 Å². The normalized spacial score (nSPS) is 10.7. The van der Waals surface area contributed by atoms with Crippen molar-refractivity contribution in [3.05, 3.63) is 90.0 Å². The van der Waals surface area contributed by atoms with E-state index in [9.17, 15) is 0 Å². The molecular formula is C18H14BiCl. The van der Waals surface area contributed by atoms with Crippen LogP contribution in [0.4, 0.5) is 0 Å². The maximum atomic E-state index is 6.03. The molecule has 0 aliphatic carbocycles. The summed E-state index contributed by atoms with van der Waals surface area (Å²) in [5.41, 5.74) is 0. The van der Waals surface area contributed by atoms with Crippen LogP contribution in [-0.2, 0) is 0 Å². The molecule has 0 bridgehead atoms. The van der Waals surface area contributed by atoms with Crippen LogP contribution in [-0.4, -0.2) is 21.8 Å². The number of rotatable bonds is 3. The molecule has 0 saturated heterocycles. The van der Waals surface area contributed by atoms with Crippen molar-refractivity contribution in [3.8, 4) is 0 Å². The molecule has 0 amide bonds. The van der Waals surface area contributed by atoms with Gasteiger partial charge in [0.15, 0.2) is 0 Å². The van der Waals surface area contributed by atoms with Crippen LogP contribution in [0.15, 0.2) is 84.9 Å². The first-order chi connectivity index (χ1) is 9.84. The van der Waals surface area contributed by atoms with Crippen LogP contribution < -0.4 is 9.81 Å². The fraction of sp³-hybridized carbons (Fsp3) is 0. The molecule has 2 heteroatoms. The third kappa shape index (κ3) is 3.11. The van der Waals surface area contributed by atoms with E-state index in [1.165, 1.54) is 9.81 Å². The monoisotopic (exact) mass is 474 g/mol. The molecule has 3 rings (SSSR count). The predicted octanol–water partition coefficient (Wildman–Crippen LogP) is 2.86. The van der Waals surface area contributed by atoms with E-state index in [0.717, 1.165) is 5.02 Å². The van der Waals surface area contributed by atoms with Gasteiger partial charge in [-0.3, -0.25) is 0 Å². The first-order valence-corrected chi connectivity index (χ1v) is 12.1. The summed E-state index contributed by atoms with van der Waals surface area (Å²) in [4.78, 5) is 0. The van der Waals surface area contributed by atoms with E-state index in [0.29, 0.717) is 0 Å². The van der Waals surface area contributed by atoms with Crippen molar-refractivity contribution in [1.29, 1.82) is 0 Å². The standard InChI is InChI=1S/C6H4Cl.2C6H5.Bi/c7-6-4-2-1-3-5-6;2*1-2-4-6-5-3-1;/h2-5H;2*1-5H;. The fourth-order valence-corrected chi connectivity index (χ4v) is 11.2. The third-order valence-electron chi connectivity index (χ3n) is 3.11. The minimum atomic E-state index is -2.15. The van der Waals surface area contributed by atoms with E-state index in [1.807, 2.05) is 12.1 Å². The van der Waals surface area contributed by atoms with Gasteiger partial charge in [-0.15, -0.1) is 0 Å². The Labute approximate surface area is 132 Å². The summed E-state index contributed by atoms with van der Waals surface area (Å²) in [5, 5.41) is 0.804. The van der Waals surface area contributed by atoms with Crippen molar-refractivity contribution in [3.63, 3.8) is 0 Å². The number of halogens is 1. The van der Waals surface area contributed by atoms with Crippen LogP contribution in [0.3, 0.4) is 0 Å². The molecule has 0 N–H and O–H groups in total. The van der Waals surface area contributed by atoms with Gasteiger partial charge in [0.2, 0.25) is 0 Å². The van der Waals surface area contributed by atoms with E-state index in [1.54, 1.807) is 0 Å². The molecule has 3 aromatic rings. The summed E-state index contributed by atoms with van der Waals surface area (Å²) < 4.78 is 4.45. The zero-order valence-electron chi connectivity index (χ0n) is 10.9. The van der Waals surface area contributed by atoms with E-state index < -0.39 is 21.8 Å². The quantitative estimate of drug-likeness (QED) is 0.512. The van der Waals surface area contributed by atoms with Gasteiger partial charge in [0.1, 0.15) is 0 Å². The molecule has 3 aromatic carbocycles. The average Bonchev–Trinajstić information content (AvgIpc) is 2.52. The zero-order chi connectivity index (χ0) is 13.8. The van der Waals surface area contributed by atoms with Gasteiger partial charge in [0.05, 0.1) is 0 Å².